The van der Waals surface area contributed by atoms with Crippen molar-refractivity contribution < 1.29 is 0 Å². The van der Waals surface area contributed by atoms with Crippen LogP contribution >= 0.6 is 0 Å². The second kappa shape index (κ2) is 5.35. The Morgan fingerprint density at radius 1 is 0.667 bits per heavy atom. The smallest absolute Gasteiger partial charge is 0.193 e. The molecule has 0 unspecified atom stereocenters. The zero-order valence-corrected chi connectivity index (χ0v) is 6.10. The van der Waals surface area contributed by atoms with Crippen LogP contribution < -0.4 is 0 Å². The van der Waals surface area contributed by atoms with Gasteiger partial charge < -0.3 is 0 Å². The lowest BCUT2D eigenvalue weighted by molar-refractivity contribution is 0.447. The van der Waals surface area contributed by atoms with Crippen LogP contribution in [0.2, 0.25) is 0 Å². The first-order valence-electron chi connectivity index (χ1n) is 2.92. The van der Waals surface area contributed by atoms with E-state index in [1.165, 1.54) is 0 Å². The van der Waals surface area contributed by atoms with Crippen molar-refractivity contribution in [3.05, 3.63) is 0 Å². The fourth-order valence-electron chi connectivity index (χ4n) is 0.445. The molecule has 12 heavy (non-hydrogen) atoms. The van der Waals surface area contributed by atoms with Gasteiger partial charge in [-0.15, -0.1) is 0 Å². The summed E-state index contributed by atoms with van der Waals surface area (Å²) in [6.07, 6.45) is 6.33. The molecule has 0 aliphatic rings. The number of nitriles is 4. The van der Waals surface area contributed by atoms with Crippen LogP contribution in [0.15, 0.2) is 0 Å². The fraction of sp³-hybridized carbons (Fsp3) is 0.333. The molecule has 6 nitrogen and oxygen atoms in total. The van der Waals surface area contributed by atoms with Crippen molar-refractivity contribution in [1.82, 2.24) is 9.80 Å². The Bertz CT molecular complexity index is 234. The van der Waals surface area contributed by atoms with Gasteiger partial charge in [-0.05, 0) is 0 Å². The van der Waals surface area contributed by atoms with Gasteiger partial charge in [-0.2, -0.15) is 21.0 Å². The monoisotopic (exact) mass is 160 g/mol. The molecule has 0 aromatic rings. The van der Waals surface area contributed by atoms with Gasteiger partial charge in [0.25, 0.3) is 0 Å². The molecule has 0 radical (unpaired) electrons. The summed E-state index contributed by atoms with van der Waals surface area (Å²) in [7, 11) is 0. The largest absolute Gasteiger partial charge is 0.214 e. The van der Waals surface area contributed by atoms with E-state index in [4.69, 9.17) is 21.0 Å². The highest BCUT2D eigenvalue weighted by Crippen LogP contribution is 1.85. The number of rotatable bonds is 3. The maximum atomic E-state index is 8.25. The summed E-state index contributed by atoms with van der Waals surface area (Å²) in [4.78, 5) is 1.56. The molecule has 0 aliphatic carbocycles. The van der Waals surface area contributed by atoms with Crippen LogP contribution in [0.5, 0.6) is 0 Å². The molecular weight excluding hydrogens is 156 g/mol. The lowest BCUT2D eigenvalue weighted by Crippen LogP contribution is -2.24. The molecule has 6 heteroatoms. The minimum absolute atomic E-state index is 0.0497. The van der Waals surface area contributed by atoms with E-state index in [0.29, 0.717) is 0 Å². The first kappa shape index (κ1) is 9.56. The molecule has 0 rings (SSSR count). The van der Waals surface area contributed by atoms with Crippen molar-refractivity contribution in [2.75, 3.05) is 13.1 Å². The second-order valence-corrected chi connectivity index (χ2v) is 1.70. The van der Waals surface area contributed by atoms with Crippen molar-refractivity contribution in [2.24, 2.45) is 0 Å². The summed E-state index contributed by atoms with van der Waals surface area (Å²) in [5, 5.41) is 33.0. The van der Waals surface area contributed by atoms with Crippen LogP contribution in [0.25, 0.3) is 0 Å². The first-order chi connectivity index (χ1) is 5.78. The normalized spacial score (nSPS) is 6.67. The molecule has 0 bridgehead atoms. The van der Waals surface area contributed by atoms with Gasteiger partial charge in [0.2, 0.25) is 0 Å². The highest BCUT2D eigenvalue weighted by molar-refractivity contribution is 4.91. The molecule has 0 heterocycles. The van der Waals surface area contributed by atoms with Gasteiger partial charge in [-0.3, -0.25) is 0 Å². The van der Waals surface area contributed by atoms with Crippen LogP contribution in [-0.2, 0) is 0 Å². The van der Waals surface area contributed by atoms with Crippen LogP contribution in [0.1, 0.15) is 0 Å². The van der Waals surface area contributed by atoms with Gasteiger partial charge in [-0.1, -0.05) is 0 Å². The number of hydrogen-bond donors (Lipinski definition) is 0. The quantitative estimate of drug-likeness (QED) is 0.408. The molecule has 0 saturated carbocycles. The first-order valence-corrected chi connectivity index (χ1v) is 2.92. The summed E-state index contributed by atoms with van der Waals surface area (Å²) >= 11 is 0. The third-order valence-electron chi connectivity index (χ3n) is 1.03. The highest BCUT2D eigenvalue weighted by Gasteiger charge is 2.03. The van der Waals surface area contributed by atoms with Crippen LogP contribution in [0.3, 0.4) is 0 Å². The van der Waals surface area contributed by atoms with Gasteiger partial charge >= 0.3 is 0 Å². The van der Waals surface area contributed by atoms with E-state index in [9.17, 15) is 0 Å². The number of nitrogens with zero attached hydrogens (tertiary/aromatic N) is 6. The molecule has 0 saturated heterocycles. The summed E-state index contributed by atoms with van der Waals surface area (Å²) in [6.45, 7) is 0.0994. The Kier molecular flexibility index (Phi) is 4.26. The van der Waals surface area contributed by atoms with Crippen LogP contribution in [0.4, 0.5) is 0 Å². The van der Waals surface area contributed by atoms with Crippen molar-refractivity contribution in [1.29, 1.82) is 21.0 Å². The highest BCUT2D eigenvalue weighted by atomic mass is 15.2. The fourth-order valence-corrected chi connectivity index (χ4v) is 0.445. The van der Waals surface area contributed by atoms with E-state index >= 15 is 0 Å². The summed E-state index contributed by atoms with van der Waals surface area (Å²) < 4.78 is 0. The minimum Gasteiger partial charge on any atom is -0.214 e. The van der Waals surface area contributed by atoms with E-state index in [1.54, 1.807) is 24.8 Å². The molecule has 0 aromatic carbocycles. The minimum atomic E-state index is 0.0497. The van der Waals surface area contributed by atoms with Crippen molar-refractivity contribution in [2.45, 2.75) is 0 Å². The summed E-state index contributed by atoms with van der Waals surface area (Å²) in [6, 6.07) is 0. The molecule has 0 atom stereocenters. The molecule has 0 fully saturated rings. The van der Waals surface area contributed by atoms with E-state index in [0.717, 1.165) is 9.80 Å². The Balaban J connectivity index is 3.88. The molecule has 0 aliphatic heterocycles. The lowest BCUT2D eigenvalue weighted by Gasteiger charge is -2.06. The van der Waals surface area contributed by atoms with E-state index in [-0.39, 0.29) is 13.1 Å². The van der Waals surface area contributed by atoms with Gasteiger partial charge in [0.15, 0.2) is 24.8 Å². The van der Waals surface area contributed by atoms with E-state index in [1.807, 2.05) is 0 Å². The summed E-state index contributed by atoms with van der Waals surface area (Å²) in [5.41, 5.74) is 0. The molecule has 0 spiro atoms. The molecule has 0 amide bonds. The van der Waals surface area contributed by atoms with E-state index < -0.39 is 0 Å². The Labute approximate surface area is 69.7 Å². The van der Waals surface area contributed by atoms with Crippen LogP contribution in [0, 0.1) is 45.8 Å². The zero-order valence-electron chi connectivity index (χ0n) is 6.10. The van der Waals surface area contributed by atoms with Gasteiger partial charge in [0.05, 0.1) is 13.1 Å². The predicted molar refractivity (Wildman–Crippen MR) is 35.9 cm³/mol. The van der Waals surface area contributed by atoms with Crippen molar-refractivity contribution in [3.8, 4) is 24.8 Å². The Morgan fingerprint density at radius 2 is 0.917 bits per heavy atom. The second-order valence-electron chi connectivity index (χ2n) is 1.70. The average molecular weight is 160 g/mol. The topological polar surface area (TPSA) is 102 Å². The molecule has 58 valence electrons. The SMILES string of the molecule is N#CN(C#N)CCN(C#N)C#N. The third kappa shape index (κ3) is 2.92. The predicted octanol–water partition coefficient (Wildman–Crippen LogP) is -0.485. The van der Waals surface area contributed by atoms with Gasteiger partial charge in [-0.25, -0.2) is 9.80 Å². The Morgan fingerprint density at radius 3 is 1.08 bits per heavy atom. The zero-order chi connectivity index (χ0) is 9.40. The van der Waals surface area contributed by atoms with Gasteiger partial charge in [0, 0.05) is 0 Å². The maximum absolute atomic E-state index is 8.25. The van der Waals surface area contributed by atoms with Crippen LogP contribution in [-0.4, -0.2) is 22.9 Å². The van der Waals surface area contributed by atoms with E-state index in [2.05, 4.69) is 0 Å². The summed E-state index contributed by atoms with van der Waals surface area (Å²) in [5.74, 6) is 0. The molecule has 0 N–H and O–H groups in total. The standard InChI is InChI=1S/C6H4N6/c7-3-11(4-8)1-2-12(5-9)6-10/h1-2H2. The molecule has 0 aromatic heterocycles. The third-order valence-corrected chi connectivity index (χ3v) is 1.03. The number of hydrogen-bond acceptors (Lipinski definition) is 6. The Hall–Kier alpha value is -2.44. The average Bonchev–Trinajstić information content (AvgIpc) is 2.13. The lowest BCUT2D eigenvalue weighted by atomic mass is 10.5. The molecular formula is C6H4N6. The van der Waals surface area contributed by atoms with Crippen molar-refractivity contribution >= 4 is 0 Å². The van der Waals surface area contributed by atoms with Gasteiger partial charge in [0.1, 0.15) is 0 Å². The van der Waals surface area contributed by atoms with Crippen molar-refractivity contribution in [3.63, 3.8) is 0 Å². The maximum Gasteiger partial charge on any atom is 0.193 e.